The minimum absolute atomic E-state index is 0.0835. The second kappa shape index (κ2) is 8.06. The Labute approximate surface area is 155 Å². The lowest BCUT2D eigenvalue weighted by atomic mass is 9.77. The van der Waals surface area contributed by atoms with E-state index >= 15 is 0 Å². The van der Waals surface area contributed by atoms with Crippen LogP contribution in [0, 0.1) is 5.41 Å². The molecule has 1 spiro atoms. The highest BCUT2D eigenvalue weighted by Crippen LogP contribution is 2.41. The van der Waals surface area contributed by atoms with E-state index in [9.17, 15) is 9.59 Å². The van der Waals surface area contributed by atoms with E-state index < -0.39 is 0 Å². The fourth-order valence-electron chi connectivity index (χ4n) is 4.00. The molecule has 0 aliphatic carbocycles. The number of aryl methyl sites for hydroxylation is 1. The van der Waals surface area contributed by atoms with Crippen LogP contribution in [-0.2, 0) is 16.1 Å². The van der Waals surface area contributed by atoms with Crippen molar-refractivity contribution in [3.05, 3.63) is 30.4 Å². The van der Waals surface area contributed by atoms with Crippen LogP contribution in [-0.4, -0.2) is 57.3 Å². The largest absolute Gasteiger partial charge is 0.343 e. The minimum Gasteiger partial charge on any atom is -0.343 e. The van der Waals surface area contributed by atoms with Crippen LogP contribution < -0.4 is 0 Å². The number of carbonyl (C=O) groups is 2. The van der Waals surface area contributed by atoms with Crippen LogP contribution in [0.3, 0.4) is 0 Å². The van der Waals surface area contributed by atoms with Crippen LogP contribution in [0.15, 0.2) is 30.4 Å². The van der Waals surface area contributed by atoms with Gasteiger partial charge in [-0.05, 0) is 33.1 Å². The number of aromatic nitrogens is 2. The Morgan fingerprint density at radius 2 is 2.08 bits per heavy atom. The smallest absolute Gasteiger partial charge is 0.223 e. The number of nitrogens with zero attached hydrogens (tertiary/aromatic N) is 4. The van der Waals surface area contributed by atoms with Gasteiger partial charge in [0.05, 0.1) is 6.33 Å². The summed E-state index contributed by atoms with van der Waals surface area (Å²) in [5, 5.41) is 0. The molecule has 26 heavy (non-hydrogen) atoms. The van der Waals surface area contributed by atoms with Gasteiger partial charge in [0.2, 0.25) is 11.8 Å². The van der Waals surface area contributed by atoms with Crippen molar-refractivity contribution in [1.29, 1.82) is 0 Å². The number of likely N-dealkylation sites (tertiary alicyclic amines) is 2. The van der Waals surface area contributed by atoms with Crippen LogP contribution in [0.2, 0.25) is 0 Å². The molecule has 0 N–H and O–H groups in total. The van der Waals surface area contributed by atoms with Crippen molar-refractivity contribution < 1.29 is 9.59 Å². The monoisotopic (exact) mass is 358 g/mol. The summed E-state index contributed by atoms with van der Waals surface area (Å²) in [6.07, 6.45) is 11.5. The maximum Gasteiger partial charge on any atom is 0.223 e. The summed E-state index contributed by atoms with van der Waals surface area (Å²) in [5.74, 6) is 0.508. The van der Waals surface area contributed by atoms with E-state index in [1.54, 1.807) is 12.5 Å². The number of hydrogen-bond acceptors (Lipinski definition) is 3. The van der Waals surface area contributed by atoms with Crippen LogP contribution in [0.4, 0.5) is 0 Å². The van der Waals surface area contributed by atoms with E-state index in [1.807, 2.05) is 20.6 Å². The van der Waals surface area contributed by atoms with Crippen LogP contribution >= 0.6 is 0 Å². The molecule has 0 saturated carbocycles. The van der Waals surface area contributed by atoms with Gasteiger partial charge in [-0.1, -0.05) is 11.6 Å². The fraction of sp³-hybridized carbons (Fsp3) is 0.650. The summed E-state index contributed by atoms with van der Waals surface area (Å²) >= 11 is 0. The van der Waals surface area contributed by atoms with E-state index in [0.717, 1.165) is 52.0 Å². The Balaban J connectivity index is 1.44. The summed E-state index contributed by atoms with van der Waals surface area (Å²) in [5.41, 5.74) is 1.33. The number of amides is 2. The zero-order valence-corrected chi connectivity index (χ0v) is 16.0. The number of hydrogen-bond donors (Lipinski definition) is 0. The molecule has 2 aliphatic heterocycles. The van der Waals surface area contributed by atoms with E-state index in [2.05, 4.69) is 24.9 Å². The van der Waals surface area contributed by atoms with Gasteiger partial charge in [0.15, 0.2) is 0 Å². The molecular formula is C20H30N4O2. The third kappa shape index (κ3) is 4.54. The molecule has 6 heteroatoms. The van der Waals surface area contributed by atoms with Crippen molar-refractivity contribution in [2.45, 2.75) is 52.5 Å². The SMILES string of the molecule is CC(C)=CCN1CC2(CCN(C(=O)CCCn3ccnc3)CC2)CC1=O. The van der Waals surface area contributed by atoms with Gasteiger partial charge in [0.1, 0.15) is 0 Å². The number of rotatable bonds is 6. The van der Waals surface area contributed by atoms with Crippen molar-refractivity contribution in [3.63, 3.8) is 0 Å². The summed E-state index contributed by atoms with van der Waals surface area (Å²) < 4.78 is 2.00. The first-order valence-electron chi connectivity index (χ1n) is 9.62. The normalized spacial score (nSPS) is 19.2. The second-order valence-electron chi connectivity index (χ2n) is 8.02. The predicted molar refractivity (Wildman–Crippen MR) is 100 cm³/mol. The number of allylic oxidation sites excluding steroid dienone is 1. The van der Waals surface area contributed by atoms with Gasteiger partial charge >= 0.3 is 0 Å². The number of piperidine rings is 1. The Bertz CT molecular complexity index is 653. The third-order valence-electron chi connectivity index (χ3n) is 5.67. The Kier molecular flexibility index (Phi) is 5.79. The van der Waals surface area contributed by atoms with Crippen LogP contribution in [0.25, 0.3) is 0 Å². The van der Waals surface area contributed by atoms with Gasteiger partial charge in [0, 0.05) is 63.4 Å². The number of imidazole rings is 1. The third-order valence-corrected chi connectivity index (χ3v) is 5.67. The van der Waals surface area contributed by atoms with Gasteiger partial charge in [0.25, 0.3) is 0 Å². The first-order chi connectivity index (χ1) is 12.5. The van der Waals surface area contributed by atoms with Crippen molar-refractivity contribution >= 4 is 11.8 Å². The predicted octanol–water partition coefficient (Wildman–Crippen LogP) is 2.47. The van der Waals surface area contributed by atoms with Gasteiger partial charge in [-0.15, -0.1) is 0 Å². The van der Waals surface area contributed by atoms with E-state index in [4.69, 9.17) is 0 Å². The van der Waals surface area contributed by atoms with E-state index in [1.165, 1.54) is 5.57 Å². The van der Waals surface area contributed by atoms with Crippen molar-refractivity contribution in [2.24, 2.45) is 5.41 Å². The molecular weight excluding hydrogens is 328 g/mol. The molecule has 3 heterocycles. The van der Waals surface area contributed by atoms with Gasteiger partial charge < -0.3 is 14.4 Å². The minimum atomic E-state index is 0.0835. The summed E-state index contributed by atoms with van der Waals surface area (Å²) in [7, 11) is 0. The Morgan fingerprint density at radius 3 is 2.73 bits per heavy atom. The molecule has 0 unspecified atom stereocenters. The Hall–Kier alpha value is -2.11. The molecule has 0 aromatic carbocycles. The molecule has 2 fully saturated rings. The lowest BCUT2D eigenvalue weighted by molar-refractivity contribution is -0.133. The topological polar surface area (TPSA) is 58.4 Å². The van der Waals surface area contributed by atoms with Crippen molar-refractivity contribution in [2.75, 3.05) is 26.2 Å². The average molecular weight is 358 g/mol. The molecule has 1 aromatic rings. The maximum atomic E-state index is 12.5. The molecule has 6 nitrogen and oxygen atoms in total. The molecule has 0 bridgehead atoms. The maximum absolute atomic E-state index is 12.5. The number of carbonyl (C=O) groups excluding carboxylic acids is 2. The molecule has 0 atom stereocenters. The summed E-state index contributed by atoms with van der Waals surface area (Å²) in [6.45, 7) is 8.09. The lowest BCUT2D eigenvalue weighted by Gasteiger charge is -2.38. The zero-order chi connectivity index (χ0) is 18.6. The van der Waals surface area contributed by atoms with Gasteiger partial charge in [-0.2, -0.15) is 0 Å². The molecule has 3 rings (SSSR count). The average Bonchev–Trinajstić information content (AvgIpc) is 3.22. The second-order valence-corrected chi connectivity index (χ2v) is 8.02. The molecule has 0 radical (unpaired) electrons. The quantitative estimate of drug-likeness (QED) is 0.734. The Morgan fingerprint density at radius 1 is 1.31 bits per heavy atom. The molecule has 2 amide bonds. The lowest BCUT2D eigenvalue weighted by Crippen LogP contribution is -2.44. The first-order valence-corrected chi connectivity index (χ1v) is 9.62. The standard InChI is InChI=1S/C20H30N4O2/c1-17(2)5-10-24-15-20(14-19(24)26)6-11-23(12-7-20)18(25)4-3-9-22-13-8-21-16-22/h5,8,13,16H,3-4,6-7,9-12,14-15H2,1-2H3. The summed E-state index contributed by atoms with van der Waals surface area (Å²) in [6, 6.07) is 0. The van der Waals surface area contributed by atoms with E-state index in [0.29, 0.717) is 12.8 Å². The van der Waals surface area contributed by atoms with Gasteiger partial charge in [-0.25, -0.2) is 4.98 Å². The van der Waals surface area contributed by atoms with Crippen LogP contribution in [0.5, 0.6) is 0 Å². The fourth-order valence-corrected chi connectivity index (χ4v) is 4.00. The molecule has 142 valence electrons. The van der Waals surface area contributed by atoms with Gasteiger partial charge in [-0.3, -0.25) is 9.59 Å². The van der Waals surface area contributed by atoms with E-state index in [-0.39, 0.29) is 17.2 Å². The van der Waals surface area contributed by atoms with Crippen molar-refractivity contribution in [3.8, 4) is 0 Å². The highest BCUT2D eigenvalue weighted by Gasteiger charge is 2.44. The molecule has 2 saturated heterocycles. The summed E-state index contributed by atoms with van der Waals surface area (Å²) in [4.78, 5) is 32.8. The first kappa shape index (κ1) is 18.7. The molecule has 2 aliphatic rings. The van der Waals surface area contributed by atoms with Crippen LogP contribution in [0.1, 0.15) is 46.0 Å². The highest BCUT2D eigenvalue weighted by atomic mass is 16.2. The van der Waals surface area contributed by atoms with Crippen molar-refractivity contribution in [1.82, 2.24) is 19.4 Å². The highest BCUT2D eigenvalue weighted by molar-refractivity contribution is 5.80. The zero-order valence-electron chi connectivity index (χ0n) is 16.0. The molecule has 1 aromatic heterocycles.